The van der Waals surface area contributed by atoms with Gasteiger partial charge >= 0.3 is 0 Å². The first kappa shape index (κ1) is 16.9. The number of anilines is 2. The summed E-state index contributed by atoms with van der Waals surface area (Å²) in [5, 5.41) is 0. The van der Waals surface area contributed by atoms with E-state index >= 15 is 0 Å². The van der Waals surface area contributed by atoms with Crippen molar-refractivity contribution in [3.63, 3.8) is 0 Å². The van der Waals surface area contributed by atoms with E-state index in [-0.39, 0.29) is 11.4 Å². The van der Waals surface area contributed by atoms with Crippen molar-refractivity contribution in [1.82, 2.24) is 19.5 Å². The van der Waals surface area contributed by atoms with E-state index in [9.17, 15) is 9.18 Å². The Balaban J connectivity index is 1.70. The highest BCUT2D eigenvalue weighted by atomic mass is 19.1. The molecule has 2 aromatic heterocycles. The third-order valence-electron chi connectivity index (χ3n) is 4.32. The van der Waals surface area contributed by atoms with Crippen LogP contribution < -0.4 is 15.4 Å². The number of nitrogens with zero attached hydrogens (tertiary/aromatic N) is 6. The van der Waals surface area contributed by atoms with Crippen LogP contribution in [0.5, 0.6) is 0 Å². The molecule has 136 valence electrons. The molecule has 1 aliphatic heterocycles. The van der Waals surface area contributed by atoms with Gasteiger partial charge in [-0.3, -0.25) is 9.36 Å². The summed E-state index contributed by atoms with van der Waals surface area (Å²) in [4.78, 5) is 29.0. The van der Waals surface area contributed by atoms with E-state index in [0.29, 0.717) is 30.5 Å². The predicted molar refractivity (Wildman–Crippen MR) is 101 cm³/mol. The SMILES string of the molecule is Cn1c(N2C=CCN(c3cccc(F)c3)C2)nc(-c2ccncn2)cc1=O. The summed E-state index contributed by atoms with van der Waals surface area (Å²) in [6, 6.07) is 9.58. The quantitative estimate of drug-likeness (QED) is 0.710. The highest BCUT2D eigenvalue weighted by Crippen LogP contribution is 2.22. The Bertz CT molecular complexity index is 1050. The van der Waals surface area contributed by atoms with Gasteiger partial charge in [-0.25, -0.2) is 19.3 Å². The largest absolute Gasteiger partial charge is 0.349 e. The second kappa shape index (κ2) is 6.99. The van der Waals surface area contributed by atoms with Crippen LogP contribution in [-0.2, 0) is 7.05 Å². The molecule has 0 fully saturated rings. The van der Waals surface area contributed by atoms with Crippen LogP contribution in [0.15, 0.2) is 66.0 Å². The predicted octanol–water partition coefficient (Wildman–Crippen LogP) is 2.17. The van der Waals surface area contributed by atoms with Crippen molar-refractivity contribution in [2.45, 2.75) is 0 Å². The van der Waals surface area contributed by atoms with Gasteiger partial charge in [0.25, 0.3) is 5.56 Å². The first-order valence-corrected chi connectivity index (χ1v) is 8.40. The molecule has 0 aliphatic carbocycles. The van der Waals surface area contributed by atoms with Gasteiger partial charge in [-0.1, -0.05) is 6.07 Å². The normalized spacial score (nSPS) is 13.9. The number of halogens is 1. The van der Waals surface area contributed by atoms with Crippen LogP contribution in [0.2, 0.25) is 0 Å². The smallest absolute Gasteiger partial charge is 0.255 e. The maximum atomic E-state index is 13.6. The Hall–Kier alpha value is -3.55. The van der Waals surface area contributed by atoms with Crippen molar-refractivity contribution in [3.8, 4) is 11.4 Å². The summed E-state index contributed by atoms with van der Waals surface area (Å²) in [7, 11) is 1.67. The van der Waals surface area contributed by atoms with Crippen molar-refractivity contribution in [3.05, 3.63) is 77.4 Å². The van der Waals surface area contributed by atoms with Crippen LogP contribution in [0.3, 0.4) is 0 Å². The average molecular weight is 364 g/mol. The molecule has 0 atom stereocenters. The molecule has 0 saturated carbocycles. The van der Waals surface area contributed by atoms with Crippen LogP contribution in [0.1, 0.15) is 0 Å². The molecule has 0 spiro atoms. The van der Waals surface area contributed by atoms with Crippen molar-refractivity contribution >= 4 is 11.6 Å². The third kappa shape index (κ3) is 3.41. The summed E-state index contributed by atoms with van der Waals surface area (Å²) in [5.74, 6) is 0.193. The van der Waals surface area contributed by atoms with Crippen molar-refractivity contribution in [1.29, 1.82) is 0 Å². The van der Waals surface area contributed by atoms with E-state index in [1.54, 1.807) is 25.4 Å². The van der Waals surface area contributed by atoms with Crippen LogP contribution in [-0.4, -0.2) is 32.7 Å². The van der Waals surface area contributed by atoms with Gasteiger partial charge in [0.2, 0.25) is 5.95 Å². The summed E-state index contributed by atoms with van der Waals surface area (Å²) < 4.78 is 15.0. The van der Waals surface area contributed by atoms with Crippen molar-refractivity contribution in [2.24, 2.45) is 7.05 Å². The van der Waals surface area contributed by atoms with Crippen molar-refractivity contribution < 1.29 is 4.39 Å². The molecule has 7 nitrogen and oxygen atoms in total. The number of rotatable bonds is 3. The molecule has 8 heteroatoms. The third-order valence-corrected chi connectivity index (χ3v) is 4.32. The van der Waals surface area contributed by atoms with Gasteiger partial charge in [-0.2, -0.15) is 0 Å². The molecule has 0 radical (unpaired) electrons. The lowest BCUT2D eigenvalue weighted by molar-refractivity contribution is 0.626. The van der Waals surface area contributed by atoms with Gasteiger partial charge in [0.15, 0.2) is 0 Å². The highest BCUT2D eigenvalue weighted by molar-refractivity contribution is 5.57. The summed E-state index contributed by atoms with van der Waals surface area (Å²) in [6.45, 7) is 1.08. The Morgan fingerprint density at radius 1 is 1.15 bits per heavy atom. The number of benzene rings is 1. The molecule has 1 aliphatic rings. The zero-order valence-corrected chi connectivity index (χ0v) is 14.7. The van der Waals surface area contributed by atoms with E-state index in [0.717, 1.165) is 5.69 Å². The van der Waals surface area contributed by atoms with Crippen LogP contribution in [0.25, 0.3) is 11.4 Å². The maximum absolute atomic E-state index is 13.6. The zero-order chi connectivity index (χ0) is 18.8. The molecule has 0 bridgehead atoms. The van der Waals surface area contributed by atoms with Gasteiger partial charge in [0, 0.05) is 37.7 Å². The van der Waals surface area contributed by atoms with Gasteiger partial charge in [-0.15, -0.1) is 0 Å². The van der Waals surface area contributed by atoms with E-state index in [1.807, 2.05) is 28.1 Å². The molecule has 4 rings (SSSR count). The van der Waals surface area contributed by atoms with E-state index in [2.05, 4.69) is 15.0 Å². The maximum Gasteiger partial charge on any atom is 0.255 e. The van der Waals surface area contributed by atoms with Gasteiger partial charge in [0.1, 0.15) is 12.1 Å². The standard InChI is InChI=1S/C19H17FN6O/c1-24-18(27)11-17(16-6-7-21-12-22-16)23-19(24)26-9-3-8-25(13-26)15-5-2-4-14(20)10-15/h2-7,9-12H,8,13H2,1H3. The first-order chi connectivity index (χ1) is 13.1. The molecular formula is C19H17FN6O. The molecule has 3 heterocycles. The average Bonchev–Trinajstić information content (AvgIpc) is 2.71. The van der Waals surface area contributed by atoms with Gasteiger partial charge < -0.3 is 9.80 Å². The fraction of sp³-hybridized carbons (Fsp3) is 0.158. The molecule has 27 heavy (non-hydrogen) atoms. The zero-order valence-electron chi connectivity index (χ0n) is 14.7. The lowest BCUT2D eigenvalue weighted by Gasteiger charge is -2.34. The Kier molecular flexibility index (Phi) is 4.37. The number of hydrogen-bond acceptors (Lipinski definition) is 6. The lowest BCUT2D eigenvalue weighted by Crippen LogP contribution is -2.41. The van der Waals surface area contributed by atoms with Crippen LogP contribution in [0.4, 0.5) is 16.0 Å². The second-order valence-electron chi connectivity index (χ2n) is 6.13. The molecule has 1 aromatic carbocycles. The minimum absolute atomic E-state index is 0.190. The summed E-state index contributed by atoms with van der Waals surface area (Å²) >= 11 is 0. The van der Waals surface area contributed by atoms with Crippen molar-refractivity contribution in [2.75, 3.05) is 23.0 Å². The molecule has 0 N–H and O–H groups in total. The minimum Gasteiger partial charge on any atom is -0.349 e. The fourth-order valence-corrected chi connectivity index (χ4v) is 2.94. The molecule has 0 saturated heterocycles. The molecule has 3 aromatic rings. The lowest BCUT2D eigenvalue weighted by atomic mass is 10.2. The van der Waals surface area contributed by atoms with Gasteiger partial charge in [0.05, 0.1) is 18.1 Å². The van der Waals surface area contributed by atoms with Crippen LogP contribution >= 0.6 is 0 Å². The first-order valence-electron chi connectivity index (χ1n) is 8.40. The Morgan fingerprint density at radius 3 is 2.81 bits per heavy atom. The topological polar surface area (TPSA) is 67.2 Å². The molecule has 0 unspecified atom stereocenters. The molecular weight excluding hydrogens is 347 g/mol. The summed E-state index contributed by atoms with van der Waals surface area (Å²) in [5.41, 5.74) is 1.63. The van der Waals surface area contributed by atoms with Gasteiger partial charge in [-0.05, 0) is 30.3 Å². The minimum atomic E-state index is -0.287. The Morgan fingerprint density at radius 2 is 2.04 bits per heavy atom. The fourth-order valence-electron chi connectivity index (χ4n) is 2.94. The molecule has 0 amide bonds. The Labute approximate surface area is 155 Å². The van der Waals surface area contributed by atoms with E-state index in [1.165, 1.54) is 29.1 Å². The van der Waals surface area contributed by atoms with E-state index < -0.39 is 0 Å². The number of aromatic nitrogens is 4. The highest BCUT2D eigenvalue weighted by Gasteiger charge is 2.19. The monoisotopic (exact) mass is 364 g/mol. The number of hydrogen-bond donors (Lipinski definition) is 0. The van der Waals surface area contributed by atoms with Crippen LogP contribution in [0, 0.1) is 5.82 Å². The summed E-state index contributed by atoms with van der Waals surface area (Å²) in [6.07, 6.45) is 6.84. The van der Waals surface area contributed by atoms with E-state index in [4.69, 9.17) is 0 Å². The second-order valence-corrected chi connectivity index (χ2v) is 6.13.